The van der Waals surface area contributed by atoms with E-state index in [4.69, 9.17) is 37.0 Å². The zero-order valence-electron chi connectivity index (χ0n) is 67.9. The topological polar surface area (TPSA) is 189 Å². The Morgan fingerprint density at radius 3 is 1.07 bits per heavy atom. The third kappa shape index (κ3) is 26.3. The Morgan fingerprint density at radius 1 is 0.505 bits per heavy atom. The minimum Gasteiger partial charge on any atom is -0.447 e. The Kier molecular flexibility index (Phi) is 37.0. The van der Waals surface area contributed by atoms with Gasteiger partial charge in [0.1, 0.15) is 31.5 Å². The normalized spacial score (nSPS) is 20.6. The second-order valence-corrected chi connectivity index (χ2v) is 47.4. The summed E-state index contributed by atoms with van der Waals surface area (Å²) in [5, 5.41) is 20.8. The van der Waals surface area contributed by atoms with Gasteiger partial charge in [-0.15, -0.1) is 19.7 Å². The molecular formula is C82H138N2O14Si3. The van der Waals surface area contributed by atoms with Gasteiger partial charge in [-0.3, -0.25) is 9.59 Å². The molecule has 4 rings (SSSR count). The van der Waals surface area contributed by atoms with Crippen molar-refractivity contribution in [3.05, 3.63) is 145 Å². The number of aliphatic hydroxyl groups excluding tert-OH is 2. The Balaban J connectivity index is 0.000000528. The molecule has 2 N–H and O–H groups in total. The highest BCUT2D eigenvalue weighted by Crippen LogP contribution is 2.43. The molecule has 16 nitrogen and oxygen atoms in total. The molecule has 17 atom stereocenters. The molecule has 0 aromatic heterocycles. The lowest BCUT2D eigenvalue weighted by molar-refractivity contribution is -0.136. The maximum atomic E-state index is 13.6. The molecule has 2 heterocycles. The summed E-state index contributed by atoms with van der Waals surface area (Å²) < 4.78 is 47.9. The number of cyclic esters (lactones) is 2. The number of rotatable bonds is 34. The van der Waals surface area contributed by atoms with E-state index in [1.54, 1.807) is 47.3 Å². The second-order valence-electron chi connectivity index (χ2n) is 33.2. The highest BCUT2D eigenvalue weighted by molar-refractivity contribution is 6.75. The van der Waals surface area contributed by atoms with E-state index in [1.807, 2.05) is 101 Å². The Hall–Kier alpha value is -4.91. The number of carbonyl (C=O) groups is 4. The zero-order valence-corrected chi connectivity index (χ0v) is 70.9. The number of methoxy groups -OCH3 is 3. The zero-order chi connectivity index (χ0) is 77.7. The predicted octanol–water partition coefficient (Wildman–Crippen LogP) is 18.2. The number of allylic oxidation sites excluding steroid dienone is 2. The monoisotopic (exact) mass is 1460 g/mol. The quantitative estimate of drug-likeness (QED) is 0.0497. The summed E-state index contributed by atoms with van der Waals surface area (Å²) in [5.41, 5.74) is 5.08. The number of imide groups is 2. The average Bonchev–Trinajstić information content (AvgIpc) is 1.79. The van der Waals surface area contributed by atoms with Gasteiger partial charge in [-0.05, 0) is 122 Å². The molecule has 0 spiro atoms. The third-order valence-corrected chi connectivity index (χ3v) is 35.8. The van der Waals surface area contributed by atoms with Crippen LogP contribution in [0.2, 0.25) is 54.4 Å². The maximum Gasteiger partial charge on any atom is 0.416 e. The van der Waals surface area contributed by atoms with E-state index in [0.717, 1.165) is 16.7 Å². The fraction of sp³-hybridized carbons (Fsp3) is 0.659. The van der Waals surface area contributed by atoms with Crippen molar-refractivity contribution in [2.75, 3.05) is 41.2 Å². The van der Waals surface area contributed by atoms with E-state index in [0.29, 0.717) is 24.3 Å². The van der Waals surface area contributed by atoms with Crippen LogP contribution in [0.25, 0.3) is 0 Å². The van der Waals surface area contributed by atoms with E-state index in [9.17, 15) is 29.4 Å². The van der Waals surface area contributed by atoms with E-state index in [-0.39, 0.29) is 119 Å². The molecule has 19 heteroatoms. The van der Waals surface area contributed by atoms with Crippen molar-refractivity contribution in [3.63, 3.8) is 0 Å². The van der Waals surface area contributed by atoms with Gasteiger partial charge in [0.2, 0.25) is 11.8 Å². The van der Waals surface area contributed by atoms with Crippen molar-refractivity contribution in [1.29, 1.82) is 0 Å². The molecule has 2 aliphatic rings. The van der Waals surface area contributed by atoms with Gasteiger partial charge in [0.25, 0.3) is 0 Å². The molecule has 2 fully saturated rings. The molecule has 0 bridgehead atoms. The average molecular weight is 1460 g/mol. The smallest absolute Gasteiger partial charge is 0.416 e. The maximum absolute atomic E-state index is 13.6. The first-order valence-corrected chi connectivity index (χ1v) is 45.2. The van der Waals surface area contributed by atoms with Gasteiger partial charge in [0.15, 0.2) is 25.0 Å². The van der Waals surface area contributed by atoms with Crippen LogP contribution in [0.5, 0.6) is 0 Å². The first-order chi connectivity index (χ1) is 46.6. The van der Waals surface area contributed by atoms with Crippen molar-refractivity contribution in [2.45, 2.75) is 261 Å². The van der Waals surface area contributed by atoms with Gasteiger partial charge in [0.05, 0.1) is 42.4 Å². The Bertz CT molecular complexity index is 2860. The number of nitrogens with zero attached hydrogens (tertiary/aromatic N) is 2. The lowest BCUT2D eigenvalue weighted by Crippen LogP contribution is -2.49. The van der Waals surface area contributed by atoms with Crippen molar-refractivity contribution >= 4 is 49.0 Å². The SMILES string of the molecule is C=C[C@H](OC)[C@@H](O[Si](C)(C)C(C)(C)C)[C@H](C)/C=C(/C)[C@H](C)[C@H](C)C(=O)N1C(=O)OC[C@H]1Cc1ccccc1.C=C[C@H](OC)[C@@H](O[Si](C)(C)C(C)(C)C)[C@H](C)/C=C(/C)[C@H](C)[C@H](C)CO.C=C[C@H](OC)[C@@H](O[Si](C)(C)C(C)(C)C)[C@H](C)/C=C(/C)[C@H](O)[C@H](C)C(=O)N1C(=O)OC[C@H]1Cc1ccccc1. The summed E-state index contributed by atoms with van der Waals surface area (Å²) in [4.78, 5) is 54.5. The summed E-state index contributed by atoms with van der Waals surface area (Å²) in [6, 6.07) is 18.8. The number of hydrogen-bond acceptors (Lipinski definition) is 14. The van der Waals surface area contributed by atoms with Gasteiger partial charge in [-0.2, -0.15) is 0 Å². The fourth-order valence-corrected chi connectivity index (χ4v) is 15.9. The summed E-state index contributed by atoms with van der Waals surface area (Å²) in [6.45, 7) is 68.0. The van der Waals surface area contributed by atoms with Crippen molar-refractivity contribution in [1.82, 2.24) is 9.80 Å². The molecule has 0 aliphatic carbocycles. The molecular weight excluding hydrogens is 1320 g/mol. The van der Waals surface area contributed by atoms with Crippen LogP contribution in [0, 0.1) is 47.3 Å². The third-order valence-electron chi connectivity index (χ3n) is 22.4. The molecule has 572 valence electrons. The number of ether oxygens (including phenoxy) is 5. The second kappa shape index (κ2) is 40.5. The summed E-state index contributed by atoms with van der Waals surface area (Å²) in [6.07, 6.45) is 9.28. The van der Waals surface area contributed by atoms with Crippen LogP contribution in [0.3, 0.4) is 0 Å². The van der Waals surface area contributed by atoms with Crippen molar-refractivity contribution in [2.24, 2.45) is 47.3 Å². The van der Waals surface area contributed by atoms with Gasteiger partial charge in [-0.1, -0.05) is 226 Å². The number of amides is 4. The van der Waals surface area contributed by atoms with Crippen molar-refractivity contribution < 1.29 is 66.4 Å². The number of hydrogen-bond donors (Lipinski definition) is 2. The molecule has 0 saturated carbocycles. The Labute approximate surface area is 615 Å². The summed E-state index contributed by atoms with van der Waals surface area (Å²) in [5.74, 6) is -1.26. The first kappa shape index (κ1) is 92.2. The lowest BCUT2D eigenvalue weighted by Gasteiger charge is -2.42. The highest BCUT2D eigenvalue weighted by Gasteiger charge is 2.47. The van der Waals surface area contributed by atoms with Crippen LogP contribution in [-0.4, -0.2) is 165 Å². The van der Waals surface area contributed by atoms with Crippen LogP contribution < -0.4 is 0 Å². The predicted molar refractivity (Wildman–Crippen MR) is 421 cm³/mol. The molecule has 4 amide bonds. The minimum atomic E-state index is -2.14. The standard InChI is InChI=1S/C31H49NO5Si.C30H47NO6Si.C21H42O3Si/c1-12-27(35-9)28(37-38(10,11)31(6,7)8)22(3)18-21(2)23(4)24(5)29(33)32-26(20-36-30(32)34)19-25-16-14-13-15-17-25;1-11-25(35-8)27(37-38(9,10)30(5,6)7)21(3)17-20(2)26(32)22(4)28(33)31-24(19-36-29(31)34)18-23-15-13-12-14-16-23;1-12-19(23-9)20(24-25(10,11)21(6,7)8)16(3)13-15(2)18(5)17(4)14-22/h12-18,22-24,26-28H,1,19-20H2,2-11H3;11-17,21-22,24-27,32H,1,18-19H2,2-10H3;12-13,16-20,22H,1,14H2,2-11H3/b21-18-;20-17-;15-13-/t22-,23+,24+,26-,27+,28+;21-,22+,24-,25+,26+,27+;16-,17-,18+,19+,20+/m111/s1. The molecule has 2 aliphatic heterocycles. The van der Waals surface area contributed by atoms with Crippen LogP contribution in [-0.2, 0) is 59.4 Å². The minimum absolute atomic E-state index is 0.00423. The highest BCUT2D eigenvalue weighted by atomic mass is 28.4. The van der Waals surface area contributed by atoms with E-state index in [2.05, 4.69) is 168 Å². The van der Waals surface area contributed by atoms with E-state index < -0.39 is 61.1 Å². The fourth-order valence-electron chi connectivity index (χ4n) is 11.7. The van der Waals surface area contributed by atoms with Crippen LogP contribution in [0.15, 0.2) is 134 Å². The van der Waals surface area contributed by atoms with Gasteiger partial charge in [-0.25, -0.2) is 19.4 Å². The molecule has 2 saturated heterocycles. The van der Waals surface area contributed by atoms with E-state index >= 15 is 0 Å². The van der Waals surface area contributed by atoms with Gasteiger partial charge in [0, 0.05) is 51.6 Å². The van der Waals surface area contributed by atoms with Crippen LogP contribution in [0.1, 0.15) is 150 Å². The summed E-state index contributed by atoms with van der Waals surface area (Å²) in [7, 11) is -1.12. The lowest BCUT2D eigenvalue weighted by atomic mass is 9.85. The van der Waals surface area contributed by atoms with E-state index in [1.165, 1.54) is 15.4 Å². The molecule has 0 radical (unpaired) electrons. The van der Waals surface area contributed by atoms with Crippen LogP contribution >= 0.6 is 0 Å². The number of carbonyl (C=O) groups excluding carboxylic acids is 4. The van der Waals surface area contributed by atoms with Crippen molar-refractivity contribution in [3.8, 4) is 0 Å². The van der Waals surface area contributed by atoms with Crippen LogP contribution in [0.4, 0.5) is 9.59 Å². The van der Waals surface area contributed by atoms with Gasteiger partial charge < -0.3 is 47.2 Å². The van der Waals surface area contributed by atoms with Gasteiger partial charge >= 0.3 is 12.2 Å². The molecule has 0 unspecified atom stereocenters. The number of aliphatic hydroxyl groups is 2. The Morgan fingerprint density at radius 2 is 0.792 bits per heavy atom. The number of benzene rings is 2. The molecule has 2 aromatic rings. The molecule has 2 aromatic carbocycles. The largest absolute Gasteiger partial charge is 0.447 e. The first-order valence-electron chi connectivity index (χ1n) is 36.5. The summed E-state index contributed by atoms with van der Waals surface area (Å²) >= 11 is 0. The molecule has 101 heavy (non-hydrogen) atoms.